The number of hydrogen-bond acceptors (Lipinski definition) is 4. The van der Waals surface area contributed by atoms with Gasteiger partial charge in [0.25, 0.3) is 0 Å². The molecule has 1 heterocycles. The van der Waals surface area contributed by atoms with Crippen molar-refractivity contribution in [2.45, 2.75) is 26.4 Å². The number of methoxy groups -OCH3 is 1. The van der Waals surface area contributed by atoms with Crippen LogP contribution in [0.4, 0.5) is 0 Å². The van der Waals surface area contributed by atoms with Gasteiger partial charge in [0.15, 0.2) is 0 Å². The van der Waals surface area contributed by atoms with E-state index in [1.165, 1.54) is 13.3 Å². The number of carbonyl (C=O) groups is 1. The second-order valence-electron chi connectivity index (χ2n) is 6.30. The second kappa shape index (κ2) is 8.67. The van der Waals surface area contributed by atoms with Crippen LogP contribution in [-0.4, -0.2) is 18.1 Å². The monoisotopic (exact) mass is 419 g/mol. The SMILES string of the molecule is CCCc1cc2c(=O)c(C(=O)OC)c[nH]c2cc1OCc1ccc(Cl)cc1Cl. The van der Waals surface area contributed by atoms with Gasteiger partial charge in [-0.2, -0.15) is 0 Å². The van der Waals surface area contributed by atoms with Crippen molar-refractivity contribution in [1.82, 2.24) is 4.98 Å². The van der Waals surface area contributed by atoms with Crippen LogP contribution >= 0.6 is 23.2 Å². The molecule has 0 saturated heterocycles. The molecule has 0 fully saturated rings. The largest absolute Gasteiger partial charge is 0.488 e. The maximum absolute atomic E-state index is 12.7. The van der Waals surface area contributed by atoms with Crippen LogP contribution in [0.3, 0.4) is 0 Å². The molecule has 3 rings (SSSR count). The summed E-state index contributed by atoms with van der Waals surface area (Å²) >= 11 is 12.2. The Hall–Kier alpha value is -2.50. The number of pyridine rings is 1. The van der Waals surface area contributed by atoms with Gasteiger partial charge in [-0.25, -0.2) is 4.79 Å². The standard InChI is InChI=1S/C21H19Cl2NO4/c1-3-4-12-7-15-18(24-10-16(20(15)25)21(26)27-2)9-19(12)28-11-13-5-6-14(22)8-17(13)23/h5-10H,3-4,11H2,1-2H3,(H,24,25). The van der Waals surface area contributed by atoms with Crippen LogP contribution in [-0.2, 0) is 17.8 Å². The molecule has 0 radical (unpaired) electrons. The van der Waals surface area contributed by atoms with E-state index in [1.807, 2.05) is 13.0 Å². The molecule has 28 heavy (non-hydrogen) atoms. The average Bonchev–Trinajstić information content (AvgIpc) is 2.68. The molecule has 1 N–H and O–H groups in total. The maximum atomic E-state index is 12.7. The first-order chi connectivity index (χ1) is 13.4. The van der Waals surface area contributed by atoms with Crippen molar-refractivity contribution < 1.29 is 14.3 Å². The van der Waals surface area contributed by atoms with Crippen LogP contribution < -0.4 is 10.2 Å². The summed E-state index contributed by atoms with van der Waals surface area (Å²) in [6.07, 6.45) is 2.95. The number of hydrogen-bond donors (Lipinski definition) is 1. The zero-order valence-corrected chi connectivity index (χ0v) is 17.0. The molecule has 7 heteroatoms. The number of rotatable bonds is 6. The zero-order chi connectivity index (χ0) is 20.3. The molecule has 1 aromatic heterocycles. The van der Waals surface area contributed by atoms with Crippen molar-refractivity contribution in [3.63, 3.8) is 0 Å². The third kappa shape index (κ3) is 4.16. The molecule has 0 bridgehead atoms. The number of aromatic nitrogens is 1. The van der Waals surface area contributed by atoms with E-state index < -0.39 is 5.97 Å². The predicted molar refractivity (Wildman–Crippen MR) is 111 cm³/mol. The molecular formula is C21H19Cl2NO4. The number of carbonyl (C=O) groups excluding carboxylic acids is 1. The molecule has 0 aliphatic carbocycles. The number of nitrogens with one attached hydrogen (secondary N) is 1. The summed E-state index contributed by atoms with van der Waals surface area (Å²) in [5, 5.41) is 1.51. The Morgan fingerprint density at radius 1 is 1.14 bits per heavy atom. The molecule has 0 spiro atoms. The lowest BCUT2D eigenvalue weighted by Crippen LogP contribution is -2.17. The molecule has 0 unspecified atom stereocenters. The van der Waals surface area contributed by atoms with Gasteiger partial charge < -0.3 is 14.5 Å². The first kappa shape index (κ1) is 20.2. The highest BCUT2D eigenvalue weighted by atomic mass is 35.5. The van der Waals surface area contributed by atoms with Crippen molar-refractivity contribution in [2.75, 3.05) is 7.11 Å². The lowest BCUT2D eigenvalue weighted by Gasteiger charge is -2.14. The van der Waals surface area contributed by atoms with E-state index in [4.69, 9.17) is 27.9 Å². The number of fused-ring (bicyclic) bond motifs is 1. The van der Waals surface area contributed by atoms with Crippen molar-refractivity contribution >= 4 is 40.1 Å². The van der Waals surface area contributed by atoms with E-state index in [-0.39, 0.29) is 17.6 Å². The zero-order valence-electron chi connectivity index (χ0n) is 15.5. The van der Waals surface area contributed by atoms with Gasteiger partial charge >= 0.3 is 5.97 Å². The molecule has 5 nitrogen and oxygen atoms in total. The minimum Gasteiger partial charge on any atom is -0.488 e. The number of halogens is 2. The Morgan fingerprint density at radius 3 is 2.61 bits per heavy atom. The Kier molecular flexibility index (Phi) is 6.27. The van der Waals surface area contributed by atoms with Gasteiger partial charge in [0, 0.05) is 33.3 Å². The molecule has 0 aliphatic heterocycles. The topological polar surface area (TPSA) is 68.4 Å². The van der Waals surface area contributed by atoms with Crippen molar-refractivity contribution in [3.8, 4) is 5.75 Å². The van der Waals surface area contributed by atoms with E-state index in [2.05, 4.69) is 9.72 Å². The number of aromatic amines is 1. The van der Waals surface area contributed by atoms with Gasteiger partial charge in [-0.05, 0) is 30.2 Å². The van der Waals surface area contributed by atoms with Crippen LogP contribution in [0.25, 0.3) is 10.9 Å². The minimum absolute atomic E-state index is 0.0286. The summed E-state index contributed by atoms with van der Waals surface area (Å²) < 4.78 is 10.7. The summed E-state index contributed by atoms with van der Waals surface area (Å²) in [4.78, 5) is 27.4. The van der Waals surface area contributed by atoms with Gasteiger partial charge in [0.2, 0.25) is 5.43 Å². The Morgan fingerprint density at radius 2 is 1.93 bits per heavy atom. The van der Waals surface area contributed by atoms with E-state index in [1.54, 1.807) is 24.3 Å². The third-order valence-corrected chi connectivity index (χ3v) is 4.97. The molecule has 0 amide bonds. The molecule has 3 aromatic rings. The number of benzene rings is 2. The van der Waals surface area contributed by atoms with E-state index in [9.17, 15) is 9.59 Å². The fraction of sp³-hybridized carbons (Fsp3) is 0.238. The summed E-state index contributed by atoms with van der Waals surface area (Å²) in [6, 6.07) is 8.78. The molecule has 146 valence electrons. The second-order valence-corrected chi connectivity index (χ2v) is 7.15. The summed E-state index contributed by atoms with van der Waals surface area (Å²) in [5.41, 5.74) is 1.87. The minimum atomic E-state index is -0.669. The van der Waals surface area contributed by atoms with E-state index in [0.29, 0.717) is 26.7 Å². The maximum Gasteiger partial charge on any atom is 0.343 e. The molecule has 0 aliphatic rings. The van der Waals surface area contributed by atoms with E-state index >= 15 is 0 Å². The first-order valence-electron chi connectivity index (χ1n) is 8.78. The summed E-state index contributed by atoms with van der Waals surface area (Å²) in [6.45, 7) is 2.31. The van der Waals surface area contributed by atoms with Gasteiger partial charge in [0.1, 0.15) is 17.9 Å². The van der Waals surface area contributed by atoms with Crippen LogP contribution in [0.1, 0.15) is 34.8 Å². The van der Waals surface area contributed by atoms with Gasteiger partial charge in [-0.3, -0.25) is 4.79 Å². The molecule has 0 atom stereocenters. The number of esters is 1. The summed E-state index contributed by atoms with van der Waals surface area (Å²) in [5.74, 6) is -0.0141. The number of ether oxygens (including phenoxy) is 2. The normalized spacial score (nSPS) is 10.9. The first-order valence-corrected chi connectivity index (χ1v) is 9.53. The average molecular weight is 420 g/mol. The Labute approximate surface area is 172 Å². The molecular weight excluding hydrogens is 401 g/mol. The van der Waals surface area contributed by atoms with Crippen molar-refractivity contribution in [1.29, 1.82) is 0 Å². The van der Waals surface area contributed by atoms with Crippen LogP contribution in [0, 0.1) is 0 Å². The highest BCUT2D eigenvalue weighted by molar-refractivity contribution is 6.35. The number of H-pyrrole nitrogens is 1. The van der Waals surface area contributed by atoms with E-state index in [0.717, 1.165) is 24.0 Å². The van der Waals surface area contributed by atoms with Gasteiger partial charge in [0.05, 0.1) is 12.6 Å². The fourth-order valence-corrected chi connectivity index (χ4v) is 3.41. The van der Waals surface area contributed by atoms with Gasteiger partial charge in [-0.1, -0.05) is 42.6 Å². The lowest BCUT2D eigenvalue weighted by molar-refractivity contribution is 0.0599. The highest BCUT2D eigenvalue weighted by Crippen LogP contribution is 2.28. The fourth-order valence-electron chi connectivity index (χ4n) is 2.95. The smallest absolute Gasteiger partial charge is 0.343 e. The van der Waals surface area contributed by atoms with Crippen LogP contribution in [0.2, 0.25) is 10.0 Å². The third-order valence-electron chi connectivity index (χ3n) is 4.38. The predicted octanol–water partition coefficient (Wildman–Crippen LogP) is 5.15. The Balaban J connectivity index is 2.00. The quantitative estimate of drug-likeness (QED) is 0.560. The lowest BCUT2D eigenvalue weighted by atomic mass is 10.0. The van der Waals surface area contributed by atoms with Crippen LogP contribution in [0.5, 0.6) is 5.75 Å². The van der Waals surface area contributed by atoms with Crippen LogP contribution in [0.15, 0.2) is 41.3 Å². The van der Waals surface area contributed by atoms with Crippen molar-refractivity contribution in [3.05, 3.63) is 73.5 Å². The van der Waals surface area contributed by atoms with Gasteiger partial charge in [-0.15, -0.1) is 0 Å². The molecule has 2 aromatic carbocycles. The summed E-state index contributed by atoms with van der Waals surface area (Å²) in [7, 11) is 1.24. The molecule has 0 saturated carbocycles. The van der Waals surface area contributed by atoms with Crippen molar-refractivity contribution in [2.24, 2.45) is 0 Å². The highest BCUT2D eigenvalue weighted by Gasteiger charge is 2.16. The Bertz CT molecular complexity index is 1090. The number of aryl methyl sites for hydroxylation is 1.